The van der Waals surface area contributed by atoms with Crippen molar-refractivity contribution in [2.75, 3.05) is 7.05 Å². The van der Waals surface area contributed by atoms with Crippen LogP contribution in [0.5, 0.6) is 0 Å². The number of benzene rings is 1. The fraction of sp³-hybridized carbons (Fsp3) is 0.455. The molecule has 2 N–H and O–H groups in total. The van der Waals surface area contributed by atoms with Gasteiger partial charge in [0.1, 0.15) is 5.82 Å². The third kappa shape index (κ3) is 2.53. The number of aliphatic hydroxyl groups is 1. The lowest BCUT2D eigenvalue weighted by molar-refractivity contribution is 0.0782. The second-order valence-corrected chi connectivity index (χ2v) is 3.90. The van der Waals surface area contributed by atoms with Crippen molar-refractivity contribution in [3.05, 3.63) is 35.1 Å². The molecule has 3 heteroatoms. The van der Waals surface area contributed by atoms with Gasteiger partial charge in [0.2, 0.25) is 0 Å². The van der Waals surface area contributed by atoms with Gasteiger partial charge in [-0.3, -0.25) is 0 Å². The van der Waals surface area contributed by atoms with Crippen molar-refractivity contribution in [3.8, 4) is 0 Å². The van der Waals surface area contributed by atoms with Crippen molar-refractivity contribution in [1.82, 2.24) is 5.32 Å². The van der Waals surface area contributed by atoms with E-state index in [4.69, 9.17) is 0 Å². The highest BCUT2D eigenvalue weighted by Gasteiger charge is 2.17. The van der Waals surface area contributed by atoms with Gasteiger partial charge in [0, 0.05) is 12.1 Å². The lowest BCUT2D eigenvalue weighted by Gasteiger charge is -2.18. The molecule has 1 aromatic carbocycles. The van der Waals surface area contributed by atoms with Gasteiger partial charge in [-0.05, 0) is 32.5 Å². The number of nitrogens with one attached hydrogen (secondary N) is 1. The van der Waals surface area contributed by atoms with Gasteiger partial charge < -0.3 is 10.4 Å². The Hall–Kier alpha value is -0.930. The van der Waals surface area contributed by atoms with Crippen LogP contribution in [0.25, 0.3) is 0 Å². The molecule has 0 heterocycles. The average molecular weight is 197 g/mol. The fourth-order valence-electron chi connectivity index (χ4n) is 1.26. The second kappa shape index (κ2) is 4.07. The lowest BCUT2D eigenvalue weighted by Crippen LogP contribution is -2.16. The van der Waals surface area contributed by atoms with E-state index in [0.717, 1.165) is 0 Å². The minimum Gasteiger partial charge on any atom is -0.386 e. The first-order valence-corrected chi connectivity index (χ1v) is 4.61. The number of halogens is 1. The number of rotatable bonds is 3. The zero-order chi connectivity index (χ0) is 10.8. The van der Waals surface area contributed by atoms with Gasteiger partial charge >= 0.3 is 0 Å². The quantitative estimate of drug-likeness (QED) is 0.774. The van der Waals surface area contributed by atoms with Crippen LogP contribution in [-0.4, -0.2) is 12.2 Å². The summed E-state index contributed by atoms with van der Waals surface area (Å²) in [6.07, 6.45) is 0. The molecule has 1 aromatic rings. The molecule has 0 saturated heterocycles. The Kier molecular flexibility index (Phi) is 3.24. The first-order chi connectivity index (χ1) is 6.45. The molecule has 0 radical (unpaired) electrons. The molecule has 14 heavy (non-hydrogen) atoms. The molecular weight excluding hydrogens is 181 g/mol. The molecule has 0 amide bonds. The van der Waals surface area contributed by atoms with E-state index in [2.05, 4.69) is 5.32 Å². The van der Waals surface area contributed by atoms with Crippen LogP contribution in [0.2, 0.25) is 0 Å². The smallest absolute Gasteiger partial charge is 0.128 e. The maximum atomic E-state index is 13.4. The molecule has 2 nitrogen and oxygen atoms in total. The molecule has 78 valence electrons. The fourth-order valence-corrected chi connectivity index (χ4v) is 1.26. The Morgan fingerprint density at radius 1 is 1.43 bits per heavy atom. The predicted molar refractivity (Wildman–Crippen MR) is 54.4 cm³/mol. The molecule has 1 rings (SSSR count). The van der Waals surface area contributed by atoms with E-state index in [-0.39, 0.29) is 5.82 Å². The minimum atomic E-state index is -0.987. The van der Waals surface area contributed by atoms with Crippen molar-refractivity contribution < 1.29 is 9.50 Å². The van der Waals surface area contributed by atoms with Crippen LogP contribution in [0.3, 0.4) is 0 Å². The number of hydrogen-bond donors (Lipinski definition) is 2. The van der Waals surface area contributed by atoms with Crippen LogP contribution < -0.4 is 5.32 Å². The van der Waals surface area contributed by atoms with Crippen LogP contribution in [-0.2, 0) is 12.1 Å². The monoisotopic (exact) mass is 197 g/mol. The van der Waals surface area contributed by atoms with E-state index in [1.54, 1.807) is 33.0 Å². The van der Waals surface area contributed by atoms with Gasteiger partial charge in [0.25, 0.3) is 0 Å². The van der Waals surface area contributed by atoms with Gasteiger partial charge in [0.05, 0.1) is 5.60 Å². The van der Waals surface area contributed by atoms with Crippen LogP contribution >= 0.6 is 0 Å². The first-order valence-electron chi connectivity index (χ1n) is 4.61. The molecule has 0 atom stereocenters. The Labute approximate surface area is 83.8 Å². The normalized spacial score (nSPS) is 11.8. The Balaban J connectivity index is 3.01. The minimum absolute atomic E-state index is 0.279. The lowest BCUT2D eigenvalue weighted by atomic mass is 9.97. The number of hydrogen-bond acceptors (Lipinski definition) is 2. The first kappa shape index (κ1) is 11.1. The highest BCUT2D eigenvalue weighted by molar-refractivity contribution is 5.27. The van der Waals surface area contributed by atoms with E-state index >= 15 is 0 Å². The third-order valence-corrected chi connectivity index (χ3v) is 2.13. The summed E-state index contributed by atoms with van der Waals surface area (Å²) in [6.45, 7) is 3.77. The summed E-state index contributed by atoms with van der Waals surface area (Å²) in [7, 11) is 1.77. The van der Waals surface area contributed by atoms with Crippen molar-refractivity contribution in [3.63, 3.8) is 0 Å². The Morgan fingerprint density at radius 2 is 2.07 bits per heavy atom. The molecule has 0 saturated carbocycles. The standard InChI is InChI=1S/C11H16FNO/c1-11(2,14)9-5-4-8(7-13-3)10(12)6-9/h4-6,13-14H,7H2,1-3H3. The zero-order valence-electron chi connectivity index (χ0n) is 8.76. The van der Waals surface area contributed by atoms with E-state index in [9.17, 15) is 9.50 Å². The highest BCUT2D eigenvalue weighted by atomic mass is 19.1. The third-order valence-electron chi connectivity index (χ3n) is 2.13. The Bertz CT molecular complexity index is 318. The summed E-state index contributed by atoms with van der Waals surface area (Å²) in [5, 5.41) is 12.5. The van der Waals surface area contributed by atoms with Crippen molar-refractivity contribution in [1.29, 1.82) is 0 Å². The van der Waals surface area contributed by atoms with Gasteiger partial charge in [-0.2, -0.15) is 0 Å². The summed E-state index contributed by atoms with van der Waals surface area (Å²) in [5.41, 5.74) is 0.217. The molecular formula is C11H16FNO. The largest absolute Gasteiger partial charge is 0.386 e. The van der Waals surface area contributed by atoms with E-state index in [0.29, 0.717) is 17.7 Å². The summed E-state index contributed by atoms with van der Waals surface area (Å²) < 4.78 is 13.4. The van der Waals surface area contributed by atoms with Crippen molar-refractivity contribution in [2.45, 2.75) is 26.0 Å². The maximum absolute atomic E-state index is 13.4. The molecule has 0 fully saturated rings. The van der Waals surface area contributed by atoms with Gasteiger partial charge in [-0.25, -0.2) is 4.39 Å². The summed E-state index contributed by atoms with van der Waals surface area (Å²) in [4.78, 5) is 0. The van der Waals surface area contributed by atoms with Gasteiger partial charge in [0.15, 0.2) is 0 Å². The highest BCUT2D eigenvalue weighted by Crippen LogP contribution is 2.21. The van der Waals surface area contributed by atoms with Crippen LogP contribution in [0.4, 0.5) is 4.39 Å². The van der Waals surface area contributed by atoms with Gasteiger partial charge in [-0.1, -0.05) is 12.1 Å². The second-order valence-electron chi connectivity index (χ2n) is 3.90. The maximum Gasteiger partial charge on any atom is 0.128 e. The zero-order valence-corrected chi connectivity index (χ0v) is 8.76. The van der Waals surface area contributed by atoms with Crippen molar-refractivity contribution in [2.24, 2.45) is 0 Å². The molecule has 0 aliphatic rings. The predicted octanol–water partition coefficient (Wildman–Crippen LogP) is 1.77. The van der Waals surface area contributed by atoms with Gasteiger partial charge in [-0.15, -0.1) is 0 Å². The summed E-state index contributed by atoms with van der Waals surface area (Å²) in [5.74, 6) is -0.279. The molecule has 0 unspecified atom stereocenters. The van der Waals surface area contributed by atoms with Crippen molar-refractivity contribution >= 4 is 0 Å². The summed E-state index contributed by atoms with van der Waals surface area (Å²) in [6, 6.07) is 4.82. The molecule has 0 aliphatic heterocycles. The van der Waals surface area contributed by atoms with Crippen LogP contribution in [0.1, 0.15) is 25.0 Å². The summed E-state index contributed by atoms with van der Waals surface area (Å²) >= 11 is 0. The topological polar surface area (TPSA) is 32.3 Å². The van der Waals surface area contributed by atoms with E-state index in [1.165, 1.54) is 6.07 Å². The molecule has 0 aromatic heterocycles. The molecule has 0 aliphatic carbocycles. The SMILES string of the molecule is CNCc1ccc(C(C)(C)O)cc1F. The van der Waals surface area contributed by atoms with E-state index in [1.807, 2.05) is 0 Å². The van der Waals surface area contributed by atoms with Crippen LogP contribution in [0.15, 0.2) is 18.2 Å². The molecule has 0 bridgehead atoms. The van der Waals surface area contributed by atoms with E-state index < -0.39 is 5.60 Å². The average Bonchev–Trinajstić information content (AvgIpc) is 2.07. The Morgan fingerprint density at radius 3 is 2.50 bits per heavy atom. The van der Waals surface area contributed by atoms with Crippen LogP contribution in [0, 0.1) is 5.82 Å². The molecule has 0 spiro atoms.